The van der Waals surface area contributed by atoms with Crippen LogP contribution in [-0.2, 0) is 0 Å². The van der Waals surface area contributed by atoms with Gasteiger partial charge in [-0.1, -0.05) is 17.7 Å². The summed E-state index contributed by atoms with van der Waals surface area (Å²) in [5.41, 5.74) is 0.201. The van der Waals surface area contributed by atoms with Gasteiger partial charge in [0, 0.05) is 0 Å². The molecule has 2 nitrogen and oxygen atoms in total. The number of phenols is 1. The minimum Gasteiger partial charge on any atom is -0.505 e. The van der Waals surface area contributed by atoms with Crippen molar-refractivity contribution in [1.29, 1.82) is 5.26 Å². The Bertz CT molecular complexity index is 290. The molecular weight excluding hydrogens is 150 g/mol. The van der Waals surface area contributed by atoms with Gasteiger partial charge in [-0.25, -0.2) is 0 Å². The summed E-state index contributed by atoms with van der Waals surface area (Å²) >= 11 is 5.49. The molecular formula is C7H4ClNO. The van der Waals surface area contributed by atoms with Crippen LogP contribution in [0, 0.1) is 11.3 Å². The summed E-state index contributed by atoms with van der Waals surface area (Å²) in [4.78, 5) is 0. The number of rotatable bonds is 0. The van der Waals surface area contributed by atoms with E-state index >= 15 is 0 Å². The lowest BCUT2D eigenvalue weighted by Crippen LogP contribution is -1.75. The zero-order chi connectivity index (χ0) is 7.56. The average Bonchev–Trinajstić information content (AvgIpc) is 1.95. The molecule has 0 aliphatic rings. The first kappa shape index (κ1) is 6.91. The minimum atomic E-state index is -0.147. The second kappa shape index (κ2) is 2.59. The van der Waals surface area contributed by atoms with Crippen LogP contribution in [0.1, 0.15) is 5.56 Å². The van der Waals surface area contributed by atoms with Crippen LogP contribution < -0.4 is 0 Å². The molecule has 10 heavy (non-hydrogen) atoms. The highest BCUT2D eigenvalue weighted by Crippen LogP contribution is 2.25. The highest BCUT2D eigenvalue weighted by Gasteiger charge is 2.01. The molecule has 0 heterocycles. The number of hydrogen-bond donors (Lipinski definition) is 1. The molecule has 3 heteroatoms. The van der Waals surface area contributed by atoms with Crippen molar-refractivity contribution in [2.24, 2.45) is 0 Å². The molecule has 0 aliphatic heterocycles. The third-order valence-corrected chi connectivity index (χ3v) is 1.41. The van der Waals surface area contributed by atoms with Gasteiger partial charge >= 0.3 is 0 Å². The number of para-hydroxylation sites is 1. The Morgan fingerprint density at radius 1 is 1.50 bits per heavy atom. The van der Waals surface area contributed by atoms with Crippen LogP contribution in [0.4, 0.5) is 0 Å². The van der Waals surface area contributed by atoms with Crippen molar-refractivity contribution in [3.05, 3.63) is 28.8 Å². The van der Waals surface area contributed by atoms with Crippen molar-refractivity contribution < 1.29 is 5.11 Å². The van der Waals surface area contributed by atoms with E-state index in [0.717, 1.165) is 0 Å². The van der Waals surface area contributed by atoms with E-state index in [2.05, 4.69) is 0 Å². The molecule has 1 rings (SSSR count). The summed E-state index contributed by atoms with van der Waals surface area (Å²) in [5.74, 6) is -0.147. The van der Waals surface area contributed by atoms with Gasteiger partial charge in [0.2, 0.25) is 0 Å². The molecule has 0 aliphatic carbocycles. The maximum absolute atomic E-state index is 9.04. The lowest BCUT2D eigenvalue weighted by molar-refractivity contribution is 0.474. The zero-order valence-electron chi connectivity index (χ0n) is 5.00. The Hall–Kier alpha value is -1.20. The van der Waals surface area contributed by atoms with Gasteiger partial charge in [-0.2, -0.15) is 5.26 Å². The van der Waals surface area contributed by atoms with Crippen molar-refractivity contribution in [1.82, 2.24) is 0 Å². The van der Waals surface area contributed by atoms with Gasteiger partial charge in [0.15, 0.2) is 5.75 Å². The van der Waals surface area contributed by atoms with E-state index in [9.17, 15) is 0 Å². The SMILES string of the molecule is N#Cc1cccc(Cl)c1O. The van der Waals surface area contributed by atoms with Gasteiger partial charge in [-0.15, -0.1) is 0 Å². The molecule has 0 amide bonds. The molecule has 0 saturated heterocycles. The number of phenolic OH excluding ortho intramolecular Hbond substituents is 1. The molecule has 0 unspecified atom stereocenters. The lowest BCUT2D eigenvalue weighted by atomic mass is 10.2. The van der Waals surface area contributed by atoms with E-state index in [1.807, 2.05) is 0 Å². The van der Waals surface area contributed by atoms with Gasteiger partial charge < -0.3 is 5.11 Å². The molecule has 1 aromatic carbocycles. The number of aromatic hydroxyl groups is 1. The molecule has 0 radical (unpaired) electrons. The van der Waals surface area contributed by atoms with Crippen LogP contribution in [0.3, 0.4) is 0 Å². The summed E-state index contributed by atoms with van der Waals surface area (Å²) < 4.78 is 0. The van der Waals surface area contributed by atoms with Crippen molar-refractivity contribution in [3.63, 3.8) is 0 Å². The van der Waals surface area contributed by atoms with E-state index in [-0.39, 0.29) is 16.3 Å². The molecule has 0 saturated carbocycles. The molecule has 0 fully saturated rings. The second-order valence-corrected chi connectivity index (χ2v) is 2.16. The lowest BCUT2D eigenvalue weighted by Gasteiger charge is -1.95. The summed E-state index contributed by atoms with van der Waals surface area (Å²) in [6.07, 6.45) is 0. The fourth-order valence-electron chi connectivity index (χ4n) is 0.606. The number of nitrogens with zero attached hydrogens (tertiary/aromatic N) is 1. The van der Waals surface area contributed by atoms with Crippen LogP contribution in [-0.4, -0.2) is 5.11 Å². The quantitative estimate of drug-likeness (QED) is 0.619. The third-order valence-electron chi connectivity index (χ3n) is 1.11. The fourth-order valence-corrected chi connectivity index (χ4v) is 0.780. The number of halogens is 1. The number of hydrogen-bond acceptors (Lipinski definition) is 2. The van der Waals surface area contributed by atoms with Crippen LogP contribution in [0.15, 0.2) is 18.2 Å². The van der Waals surface area contributed by atoms with Crippen molar-refractivity contribution in [2.75, 3.05) is 0 Å². The van der Waals surface area contributed by atoms with Crippen LogP contribution >= 0.6 is 11.6 Å². The zero-order valence-corrected chi connectivity index (χ0v) is 5.76. The predicted molar refractivity (Wildman–Crippen MR) is 37.8 cm³/mol. The Morgan fingerprint density at radius 2 is 2.20 bits per heavy atom. The molecule has 0 spiro atoms. The monoisotopic (exact) mass is 153 g/mol. The number of nitriles is 1. The fraction of sp³-hybridized carbons (Fsp3) is 0. The van der Waals surface area contributed by atoms with Gasteiger partial charge in [0.1, 0.15) is 6.07 Å². The first-order chi connectivity index (χ1) is 4.75. The smallest absolute Gasteiger partial charge is 0.151 e. The van der Waals surface area contributed by atoms with Gasteiger partial charge in [-0.3, -0.25) is 0 Å². The predicted octanol–water partition coefficient (Wildman–Crippen LogP) is 1.92. The molecule has 1 aromatic rings. The van der Waals surface area contributed by atoms with Crippen LogP contribution in [0.5, 0.6) is 5.75 Å². The maximum atomic E-state index is 9.04. The van der Waals surface area contributed by atoms with Crippen molar-refractivity contribution in [2.45, 2.75) is 0 Å². The Balaban J connectivity index is 3.31. The van der Waals surface area contributed by atoms with E-state index in [1.54, 1.807) is 12.1 Å². The van der Waals surface area contributed by atoms with E-state index in [1.165, 1.54) is 12.1 Å². The first-order valence-electron chi connectivity index (χ1n) is 2.63. The summed E-state index contributed by atoms with van der Waals surface area (Å²) in [6, 6.07) is 6.44. The molecule has 0 bridgehead atoms. The molecule has 0 aromatic heterocycles. The Morgan fingerprint density at radius 3 is 2.70 bits per heavy atom. The molecule has 1 N–H and O–H groups in total. The topological polar surface area (TPSA) is 44.0 Å². The van der Waals surface area contributed by atoms with Gasteiger partial charge in [-0.05, 0) is 12.1 Å². The largest absolute Gasteiger partial charge is 0.505 e. The summed E-state index contributed by atoms with van der Waals surface area (Å²) in [6.45, 7) is 0. The average molecular weight is 154 g/mol. The number of benzene rings is 1. The van der Waals surface area contributed by atoms with Crippen LogP contribution in [0.2, 0.25) is 5.02 Å². The van der Waals surface area contributed by atoms with E-state index in [0.29, 0.717) is 0 Å². The summed E-state index contributed by atoms with van der Waals surface area (Å²) in [7, 11) is 0. The highest BCUT2D eigenvalue weighted by atomic mass is 35.5. The van der Waals surface area contributed by atoms with Crippen molar-refractivity contribution in [3.8, 4) is 11.8 Å². The first-order valence-corrected chi connectivity index (χ1v) is 3.01. The highest BCUT2D eigenvalue weighted by molar-refractivity contribution is 6.32. The molecule has 50 valence electrons. The third kappa shape index (κ3) is 1.04. The molecule has 0 atom stereocenters. The Kier molecular flexibility index (Phi) is 1.79. The van der Waals surface area contributed by atoms with E-state index in [4.69, 9.17) is 22.0 Å². The standard InChI is InChI=1S/C7H4ClNO/c8-6-3-1-2-5(4-9)7(6)10/h1-3,10H. The maximum Gasteiger partial charge on any atom is 0.151 e. The van der Waals surface area contributed by atoms with Gasteiger partial charge in [0.25, 0.3) is 0 Å². The Labute approximate surface area is 63.3 Å². The normalized spacial score (nSPS) is 8.80. The van der Waals surface area contributed by atoms with E-state index < -0.39 is 0 Å². The van der Waals surface area contributed by atoms with Crippen molar-refractivity contribution >= 4 is 11.6 Å². The summed E-state index contributed by atoms with van der Waals surface area (Å²) in [5, 5.41) is 17.6. The van der Waals surface area contributed by atoms with Crippen LogP contribution in [0.25, 0.3) is 0 Å². The minimum absolute atomic E-state index is 0.147. The van der Waals surface area contributed by atoms with Gasteiger partial charge in [0.05, 0.1) is 10.6 Å². The second-order valence-electron chi connectivity index (χ2n) is 1.75.